The number of hydrogen-bond donors (Lipinski definition) is 0. The molecule has 0 aliphatic heterocycles. The van der Waals surface area contributed by atoms with E-state index in [-0.39, 0.29) is 5.97 Å². The van der Waals surface area contributed by atoms with Crippen molar-refractivity contribution >= 4 is 27.5 Å². The number of carbonyl (C=O) groups excluding carboxylic acids is 1. The molecule has 3 nitrogen and oxygen atoms in total. The van der Waals surface area contributed by atoms with E-state index in [1.807, 2.05) is 13.8 Å². The van der Waals surface area contributed by atoms with Crippen LogP contribution in [0.3, 0.4) is 0 Å². The van der Waals surface area contributed by atoms with Crippen LogP contribution in [0.2, 0.25) is 0 Å². The van der Waals surface area contributed by atoms with Crippen LogP contribution in [-0.2, 0) is 17.6 Å². The van der Waals surface area contributed by atoms with Crippen LogP contribution in [0, 0.1) is 13.8 Å². The SMILES string of the molecule is CCOC(=O)c1c(C)nc2sc3c(c2c1-c1ccc(C)cc1)CCCC3. The van der Waals surface area contributed by atoms with Crippen molar-refractivity contribution in [3.63, 3.8) is 0 Å². The van der Waals surface area contributed by atoms with Gasteiger partial charge in [-0.1, -0.05) is 29.8 Å². The van der Waals surface area contributed by atoms with Crippen LogP contribution in [0.4, 0.5) is 0 Å². The van der Waals surface area contributed by atoms with Crippen LogP contribution in [0.15, 0.2) is 24.3 Å². The summed E-state index contributed by atoms with van der Waals surface area (Å²) >= 11 is 1.80. The molecule has 0 radical (unpaired) electrons. The van der Waals surface area contributed by atoms with E-state index in [1.165, 1.54) is 34.2 Å². The van der Waals surface area contributed by atoms with Crippen molar-refractivity contribution < 1.29 is 9.53 Å². The average Bonchev–Trinajstić information content (AvgIpc) is 2.99. The van der Waals surface area contributed by atoms with Crippen molar-refractivity contribution in [2.24, 2.45) is 0 Å². The summed E-state index contributed by atoms with van der Waals surface area (Å²) in [6.45, 7) is 6.21. The molecule has 3 aromatic rings. The molecule has 0 unspecified atom stereocenters. The number of ether oxygens (including phenoxy) is 1. The Labute approximate surface area is 158 Å². The fourth-order valence-corrected chi connectivity index (χ4v) is 5.18. The second kappa shape index (κ2) is 6.84. The number of benzene rings is 1. The topological polar surface area (TPSA) is 39.2 Å². The number of thiophene rings is 1. The normalized spacial score (nSPS) is 13.7. The molecule has 1 aliphatic rings. The standard InChI is InChI=1S/C22H23NO2S/c1-4-25-22(24)18-14(3)23-21-20(16-7-5-6-8-17(16)26-21)19(18)15-11-9-13(2)10-12-15/h9-12H,4-8H2,1-3H3. The molecule has 0 bridgehead atoms. The highest BCUT2D eigenvalue weighted by molar-refractivity contribution is 7.19. The fraction of sp³-hybridized carbons (Fsp3) is 0.364. The molecular weight excluding hydrogens is 342 g/mol. The number of aryl methyl sites for hydroxylation is 4. The molecule has 134 valence electrons. The zero-order valence-corrected chi connectivity index (χ0v) is 16.3. The van der Waals surface area contributed by atoms with E-state index >= 15 is 0 Å². The maximum atomic E-state index is 12.8. The zero-order chi connectivity index (χ0) is 18.3. The van der Waals surface area contributed by atoms with Crippen molar-refractivity contribution in [3.05, 3.63) is 51.5 Å². The second-order valence-corrected chi connectivity index (χ2v) is 8.01. The third kappa shape index (κ3) is 2.82. The van der Waals surface area contributed by atoms with Crippen molar-refractivity contribution in [1.82, 2.24) is 4.98 Å². The van der Waals surface area contributed by atoms with Gasteiger partial charge >= 0.3 is 5.97 Å². The number of fused-ring (bicyclic) bond motifs is 3. The van der Waals surface area contributed by atoms with E-state index < -0.39 is 0 Å². The van der Waals surface area contributed by atoms with Gasteiger partial charge in [-0.05, 0) is 57.6 Å². The Morgan fingerprint density at radius 3 is 2.62 bits per heavy atom. The van der Waals surface area contributed by atoms with Crippen molar-refractivity contribution in [1.29, 1.82) is 0 Å². The third-order valence-electron chi connectivity index (χ3n) is 5.10. The summed E-state index contributed by atoms with van der Waals surface area (Å²) in [6, 6.07) is 8.42. The molecule has 0 N–H and O–H groups in total. The van der Waals surface area contributed by atoms with Crippen molar-refractivity contribution in [2.45, 2.75) is 46.5 Å². The van der Waals surface area contributed by atoms with E-state index in [2.05, 4.69) is 31.2 Å². The van der Waals surface area contributed by atoms with E-state index in [4.69, 9.17) is 9.72 Å². The Morgan fingerprint density at radius 2 is 1.88 bits per heavy atom. The van der Waals surface area contributed by atoms with Crippen LogP contribution < -0.4 is 0 Å². The minimum absolute atomic E-state index is 0.272. The molecule has 0 fully saturated rings. The molecule has 0 spiro atoms. The maximum absolute atomic E-state index is 12.8. The monoisotopic (exact) mass is 365 g/mol. The average molecular weight is 365 g/mol. The summed E-state index contributed by atoms with van der Waals surface area (Å²) in [6.07, 6.45) is 4.64. The van der Waals surface area contributed by atoms with Crippen molar-refractivity contribution in [3.8, 4) is 11.1 Å². The van der Waals surface area contributed by atoms with E-state index in [9.17, 15) is 4.79 Å². The van der Waals surface area contributed by atoms with Crippen LogP contribution in [-0.4, -0.2) is 17.6 Å². The summed E-state index contributed by atoms with van der Waals surface area (Å²) in [4.78, 5) is 20.1. The van der Waals surface area contributed by atoms with Gasteiger partial charge in [-0.15, -0.1) is 11.3 Å². The molecule has 0 saturated heterocycles. The molecule has 4 heteroatoms. The highest BCUT2D eigenvalue weighted by Crippen LogP contribution is 2.43. The van der Waals surface area contributed by atoms with Gasteiger partial charge in [-0.25, -0.2) is 9.78 Å². The van der Waals surface area contributed by atoms with Crippen LogP contribution in [0.1, 0.15) is 51.8 Å². The molecule has 0 atom stereocenters. The molecule has 0 amide bonds. The Balaban J connectivity index is 2.08. The number of nitrogens with zero attached hydrogens (tertiary/aromatic N) is 1. The smallest absolute Gasteiger partial charge is 0.340 e. The summed E-state index contributed by atoms with van der Waals surface area (Å²) in [5, 5.41) is 1.17. The lowest BCUT2D eigenvalue weighted by atomic mass is 9.89. The first-order valence-electron chi connectivity index (χ1n) is 9.29. The first-order chi connectivity index (χ1) is 12.6. The minimum atomic E-state index is -0.272. The van der Waals surface area contributed by atoms with Gasteiger partial charge in [0.1, 0.15) is 4.83 Å². The van der Waals surface area contributed by atoms with Gasteiger partial charge < -0.3 is 4.74 Å². The molecule has 1 aliphatic carbocycles. The highest BCUT2D eigenvalue weighted by Gasteiger charge is 2.26. The summed E-state index contributed by atoms with van der Waals surface area (Å²) in [7, 11) is 0. The predicted octanol–water partition coefficient (Wildman–Crippen LogP) is 5.64. The quantitative estimate of drug-likeness (QED) is 0.564. The fourth-order valence-electron chi connectivity index (χ4n) is 3.86. The van der Waals surface area contributed by atoms with Gasteiger partial charge in [0.25, 0.3) is 0 Å². The molecule has 26 heavy (non-hydrogen) atoms. The summed E-state index contributed by atoms with van der Waals surface area (Å²) in [5.41, 5.74) is 6.05. The van der Waals surface area contributed by atoms with Gasteiger partial charge in [-0.2, -0.15) is 0 Å². The molecule has 2 heterocycles. The summed E-state index contributed by atoms with van der Waals surface area (Å²) < 4.78 is 5.39. The Hall–Kier alpha value is -2.20. The van der Waals surface area contributed by atoms with Crippen molar-refractivity contribution in [2.75, 3.05) is 6.61 Å². The molecule has 0 saturated carbocycles. The summed E-state index contributed by atoms with van der Waals surface area (Å²) in [5.74, 6) is -0.272. The predicted molar refractivity (Wildman–Crippen MR) is 107 cm³/mol. The lowest BCUT2D eigenvalue weighted by Gasteiger charge is -2.16. The first-order valence-corrected chi connectivity index (χ1v) is 10.1. The van der Waals surface area contributed by atoms with E-state index in [1.54, 1.807) is 11.3 Å². The van der Waals surface area contributed by atoms with Crippen LogP contribution in [0.5, 0.6) is 0 Å². The van der Waals surface area contributed by atoms with E-state index in [0.29, 0.717) is 12.2 Å². The minimum Gasteiger partial charge on any atom is -0.462 e. The van der Waals surface area contributed by atoms with Crippen LogP contribution in [0.25, 0.3) is 21.3 Å². The molecule has 2 aromatic heterocycles. The highest BCUT2D eigenvalue weighted by atomic mass is 32.1. The Morgan fingerprint density at radius 1 is 1.15 bits per heavy atom. The van der Waals surface area contributed by atoms with Gasteiger partial charge in [0.2, 0.25) is 0 Å². The third-order valence-corrected chi connectivity index (χ3v) is 6.29. The number of aromatic nitrogens is 1. The second-order valence-electron chi connectivity index (χ2n) is 6.92. The maximum Gasteiger partial charge on any atom is 0.340 e. The molecular formula is C22H23NO2S. The number of carbonyl (C=O) groups is 1. The largest absolute Gasteiger partial charge is 0.462 e. The van der Waals surface area contributed by atoms with Gasteiger partial charge in [0.15, 0.2) is 0 Å². The zero-order valence-electron chi connectivity index (χ0n) is 15.5. The number of pyridine rings is 1. The molecule has 4 rings (SSSR count). The first kappa shape index (κ1) is 17.2. The number of hydrogen-bond acceptors (Lipinski definition) is 4. The van der Waals surface area contributed by atoms with Gasteiger partial charge in [0, 0.05) is 15.8 Å². The van der Waals surface area contributed by atoms with E-state index in [0.717, 1.165) is 34.5 Å². The molecule has 1 aromatic carbocycles. The van der Waals surface area contributed by atoms with Crippen LogP contribution >= 0.6 is 11.3 Å². The van der Waals surface area contributed by atoms with Gasteiger partial charge in [0.05, 0.1) is 17.9 Å². The lowest BCUT2D eigenvalue weighted by molar-refractivity contribution is 0.0526. The number of rotatable bonds is 3. The van der Waals surface area contributed by atoms with Gasteiger partial charge in [-0.3, -0.25) is 0 Å². The lowest BCUT2D eigenvalue weighted by Crippen LogP contribution is -2.11. The number of esters is 1. The Bertz CT molecular complexity index is 986. The Kier molecular flexibility index (Phi) is 4.53.